The Bertz CT molecular complexity index is 332. The van der Waals surface area contributed by atoms with E-state index in [0.717, 1.165) is 16.4 Å². The molecule has 0 aliphatic carbocycles. The minimum atomic E-state index is -0.304. The van der Waals surface area contributed by atoms with Crippen LogP contribution in [0.15, 0.2) is 34.2 Å². The fraction of sp³-hybridized carbons (Fsp3) is 0.250. The standard InChI is InChI=1S/C8H10N2OS/c1-6(2)5-12-7-3-4-9-8(11)10-7/h3-4H,1,5H2,2H3,(H,9,10,11). The quantitative estimate of drug-likeness (QED) is 0.437. The van der Waals surface area contributed by atoms with Crippen molar-refractivity contribution in [2.75, 3.05) is 5.75 Å². The fourth-order valence-corrected chi connectivity index (χ4v) is 1.36. The molecule has 1 N–H and O–H groups in total. The maximum Gasteiger partial charge on any atom is 0.345 e. The molecule has 0 bridgehead atoms. The predicted molar refractivity (Wildman–Crippen MR) is 50.4 cm³/mol. The third-order valence-electron chi connectivity index (χ3n) is 1.12. The van der Waals surface area contributed by atoms with Gasteiger partial charge in [0.25, 0.3) is 0 Å². The lowest BCUT2D eigenvalue weighted by atomic mass is 10.4. The monoisotopic (exact) mass is 182 g/mol. The van der Waals surface area contributed by atoms with Crippen molar-refractivity contribution >= 4 is 11.8 Å². The minimum Gasteiger partial charge on any atom is -0.300 e. The lowest BCUT2D eigenvalue weighted by Crippen LogP contribution is -2.08. The van der Waals surface area contributed by atoms with Gasteiger partial charge < -0.3 is 4.98 Å². The van der Waals surface area contributed by atoms with Gasteiger partial charge in [0.1, 0.15) is 0 Å². The molecule has 0 aromatic carbocycles. The number of nitrogens with one attached hydrogen (secondary N) is 1. The molecule has 0 amide bonds. The number of aromatic amines is 1. The second-order valence-corrected chi connectivity index (χ2v) is 3.50. The predicted octanol–water partition coefficient (Wildman–Crippen LogP) is 1.44. The van der Waals surface area contributed by atoms with Crippen LogP contribution in [-0.2, 0) is 0 Å². The zero-order valence-corrected chi connectivity index (χ0v) is 7.65. The van der Waals surface area contributed by atoms with Crippen LogP contribution in [0.2, 0.25) is 0 Å². The van der Waals surface area contributed by atoms with Crippen LogP contribution in [0.1, 0.15) is 6.92 Å². The normalized spacial score (nSPS) is 9.75. The van der Waals surface area contributed by atoms with Gasteiger partial charge in [-0.05, 0) is 13.0 Å². The van der Waals surface area contributed by atoms with Crippen LogP contribution in [-0.4, -0.2) is 15.7 Å². The topological polar surface area (TPSA) is 45.8 Å². The number of hydrogen-bond acceptors (Lipinski definition) is 3. The van der Waals surface area contributed by atoms with Gasteiger partial charge in [0.2, 0.25) is 0 Å². The highest BCUT2D eigenvalue weighted by atomic mass is 32.2. The summed E-state index contributed by atoms with van der Waals surface area (Å²) in [5, 5.41) is 0.831. The van der Waals surface area contributed by atoms with Crippen molar-refractivity contribution in [3.63, 3.8) is 0 Å². The molecule has 3 nitrogen and oxygen atoms in total. The Morgan fingerprint density at radius 2 is 2.58 bits per heavy atom. The molecule has 0 fully saturated rings. The van der Waals surface area contributed by atoms with Crippen LogP contribution in [0, 0.1) is 0 Å². The summed E-state index contributed by atoms with van der Waals surface area (Å²) < 4.78 is 0. The van der Waals surface area contributed by atoms with Gasteiger partial charge in [0, 0.05) is 11.9 Å². The number of hydrogen-bond donors (Lipinski definition) is 1. The number of thioether (sulfide) groups is 1. The van der Waals surface area contributed by atoms with Crippen LogP contribution in [0.4, 0.5) is 0 Å². The van der Waals surface area contributed by atoms with Crippen LogP contribution >= 0.6 is 11.8 Å². The van der Waals surface area contributed by atoms with E-state index in [1.54, 1.807) is 17.8 Å². The number of aromatic nitrogens is 2. The molecule has 0 aliphatic heterocycles. The zero-order chi connectivity index (χ0) is 8.97. The van der Waals surface area contributed by atoms with Crippen molar-refractivity contribution < 1.29 is 0 Å². The maximum atomic E-state index is 10.7. The minimum absolute atomic E-state index is 0.304. The zero-order valence-electron chi connectivity index (χ0n) is 6.83. The van der Waals surface area contributed by atoms with Gasteiger partial charge in [-0.25, -0.2) is 9.78 Å². The Kier molecular flexibility index (Phi) is 3.10. The fourth-order valence-electron chi connectivity index (χ4n) is 0.637. The van der Waals surface area contributed by atoms with Crippen LogP contribution in [0.25, 0.3) is 0 Å². The van der Waals surface area contributed by atoms with Crippen molar-refractivity contribution in [2.45, 2.75) is 11.9 Å². The van der Waals surface area contributed by atoms with E-state index in [0.29, 0.717) is 0 Å². The highest BCUT2D eigenvalue weighted by molar-refractivity contribution is 7.99. The average molecular weight is 182 g/mol. The molecule has 0 saturated carbocycles. The van der Waals surface area contributed by atoms with Gasteiger partial charge in [-0.15, -0.1) is 11.8 Å². The molecule has 0 unspecified atom stereocenters. The van der Waals surface area contributed by atoms with Crippen molar-refractivity contribution in [3.8, 4) is 0 Å². The lowest BCUT2D eigenvalue weighted by Gasteiger charge is -1.98. The Morgan fingerprint density at radius 3 is 3.17 bits per heavy atom. The first-order valence-corrected chi connectivity index (χ1v) is 4.49. The first kappa shape index (κ1) is 9.06. The number of H-pyrrole nitrogens is 1. The average Bonchev–Trinajstić information content (AvgIpc) is 2.01. The third kappa shape index (κ3) is 2.92. The molecular formula is C8H10N2OS. The van der Waals surface area contributed by atoms with Gasteiger partial charge in [-0.2, -0.15) is 0 Å². The molecular weight excluding hydrogens is 172 g/mol. The number of nitrogens with zero attached hydrogens (tertiary/aromatic N) is 1. The van der Waals surface area contributed by atoms with E-state index in [4.69, 9.17) is 0 Å². The summed E-state index contributed by atoms with van der Waals surface area (Å²) >= 11 is 1.55. The van der Waals surface area contributed by atoms with E-state index in [-0.39, 0.29) is 5.69 Å². The summed E-state index contributed by atoms with van der Waals surface area (Å²) in [5.74, 6) is 0.819. The maximum absolute atomic E-state index is 10.7. The smallest absolute Gasteiger partial charge is 0.300 e. The van der Waals surface area contributed by atoms with Crippen molar-refractivity contribution in [1.82, 2.24) is 9.97 Å². The largest absolute Gasteiger partial charge is 0.345 e. The molecule has 4 heteroatoms. The molecule has 1 aromatic rings. The first-order chi connectivity index (χ1) is 5.68. The Morgan fingerprint density at radius 1 is 1.83 bits per heavy atom. The number of rotatable bonds is 3. The molecule has 0 aliphatic rings. The van der Waals surface area contributed by atoms with Gasteiger partial charge in [0.05, 0.1) is 5.03 Å². The van der Waals surface area contributed by atoms with E-state index in [1.807, 2.05) is 6.92 Å². The van der Waals surface area contributed by atoms with Gasteiger partial charge in [-0.1, -0.05) is 12.2 Å². The summed E-state index contributed by atoms with van der Waals surface area (Å²) in [6, 6.07) is 1.77. The Labute approximate surface area is 74.9 Å². The molecule has 0 spiro atoms. The van der Waals surface area contributed by atoms with Crippen molar-refractivity contribution in [2.24, 2.45) is 0 Å². The molecule has 1 heterocycles. The Balaban J connectivity index is 2.64. The Hall–Kier alpha value is -1.03. The van der Waals surface area contributed by atoms with E-state index >= 15 is 0 Å². The van der Waals surface area contributed by atoms with Crippen LogP contribution in [0.3, 0.4) is 0 Å². The second-order valence-electron chi connectivity index (χ2n) is 2.49. The highest BCUT2D eigenvalue weighted by Gasteiger charge is 1.94. The molecule has 0 saturated heterocycles. The van der Waals surface area contributed by atoms with Crippen molar-refractivity contribution in [3.05, 3.63) is 34.9 Å². The van der Waals surface area contributed by atoms with Crippen LogP contribution < -0.4 is 5.69 Å². The molecule has 0 radical (unpaired) electrons. The first-order valence-electron chi connectivity index (χ1n) is 3.51. The lowest BCUT2D eigenvalue weighted by molar-refractivity contribution is 0.979. The SMILES string of the molecule is C=C(C)CSc1ccnc(=O)[nH]1. The summed E-state index contributed by atoms with van der Waals surface area (Å²) in [4.78, 5) is 16.9. The summed E-state index contributed by atoms with van der Waals surface area (Å²) in [6.45, 7) is 5.71. The van der Waals surface area contributed by atoms with E-state index in [1.165, 1.54) is 6.20 Å². The van der Waals surface area contributed by atoms with E-state index in [9.17, 15) is 4.79 Å². The third-order valence-corrected chi connectivity index (χ3v) is 2.31. The summed E-state index contributed by atoms with van der Waals surface area (Å²) in [6.07, 6.45) is 1.50. The molecule has 64 valence electrons. The van der Waals surface area contributed by atoms with Gasteiger partial charge in [-0.3, -0.25) is 0 Å². The van der Waals surface area contributed by atoms with E-state index in [2.05, 4.69) is 16.5 Å². The second kappa shape index (κ2) is 4.11. The highest BCUT2D eigenvalue weighted by Crippen LogP contribution is 2.14. The van der Waals surface area contributed by atoms with Crippen LogP contribution in [0.5, 0.6) is 0 Å². The van der Waals surface area contributed by atoms with Crippen molar-refractivity contribution in [1.29, 1.82) is 0 Å². The molecule has 0 atom stereocenters. The molecule has 1 rings (SSSR count). The molecule has 1 aromatic heterocycles. The van der Waals surface area contributed by atoms with Gasteiger partial charge in [0.15, 0.2) is 0 Å². The molecule has 12 heavy (non-hydrogen) atoms. The summed E-state index contributed by atoms with van der Waals surface area (Å²) in [7, 11) is 0. The summed E-state index contributed by atoms with van der Waals surface area (Å²) in [5.41, 5.74) is 0.777. The van der Waals surface area contributed by atoms with Gasteiger partial charge >= 0.3 is 5.69 Å². The van der Waals surface area contributed by atoms with E-state index < -0.39 is 0 Å².